The molecular weight excluding hydrogens is 354 g/mol. The highest BCUT2D eigenvalue weighted by molar-refractivity contribution is 6.31. The van der Waals surface area contributed by atoms with E-state index in [1.807, 2.05) is 12.1 Å². The van der Waals surface area contributed by atoms with Crippen LogP contribution in [0, 0.1) is 5.41 Å². The predicted molar refractivity (Wildman–Crippen MR) is 98.1 cm³/mol. The van der Waals surface area contributed by atoms with Crippen LogP contribution in [0.2, 0.25) is 5.02 Å². The summed E-state index contributed by atoms with van der Waals surface area (Å²) in [5, 5.41) is 0.647. The first-order valence-electron chi connectivity index (χ1n) is 9.03. The normalized spacial score (nSPS) is 25.3. The van der Waals surface area contributed by atoms with E-state index in [9.17, 15) is 14.4 Å². The summed E-state index contributed by atoms with van der Waals surface area (Å²) in [6, 6.07) is 4.81. The average molecular weight is 376 g/mol. The molecule has 26 heavy (non-hydrogen) atoms. The van der Waals surface area contributed by atoms with Crippen molar-refractivity contribution < 1.29 is 14.4 Å². The minimum absolute atomic E-state index is 0.256. The van der Waals surface area contributed by atoms with E-state index < -0.39 is 11.4 Å². The first kappa shape index (κ1) is 17.3. The van der Waals surface area contributed by atoms with Crippen molar-refractivity contribution in [3.8, 4) is 0 Å². The smallest absolute Gasteiger partial charge is 0.332 e. The molecule has 0 radical (unpaired) electrons. The summed E-state index contributed by atoms with van der Waals surface area (Å²) >= 11 is 6.23. The van der Waals surface area contributed by atoms with Crippen molar-refractivity contribution >= 4 is 35.1 Å². The second-order valence-electron chi connectivity index (χ2n) is 7.49. The van der Waals surface area contributed by atoms with E-state index in [1.165, 1.54) is 14.1 Å². The van der Waals surface area contributed by atoms with Gasteiger partial charge in [0.05, 0.1) is 6.04 Å². The Balaban J connectivity index is 1.93. The summed E-state index contributed by atoms with van der Waals surface area (Å²) in [5.74, 6) is -0.772. The predicted octanol–water partition coefficient (Wildman–Crippen LogP) is 2.68. The number of nitrogens with zero attached hydrogens (tertiary/aromatic N) is 3. The fraction of sp³-hybridized carbons (Fsp3) is 0.526. The molecule has 2 fully saturated rings. The Hall–Kier alpha value is -2.08. The number of fused-ring (bicyclic) bond motifs is 4. The summed E-state index contributed by atoms with van der Waals surface area (Å²) < 4.78 is 0. The van der Waals surface area contributed by atoms with Crippen LogP contribution < -0.4 is 4.90 Å². The number of halogens is 1. The minimum Gasteiger partial charge on any atom is -0.367 e. The molecule has 3 aliphatic heterocycles. The summed E-state index contributed by atoms with van der Waals surface area (Å²) in [6.07, 6.45) is 4.08. The van der Waals surface area contributed by atoms with Crippen LogP contribution in [0.4, 0.5) is 10.5 Å². The van der Waals surface area contributed by atoms with Crippen molar-refractivity contribution in [2.45, 2.75) is 38.1 Å². The van der Waals surface area contributed by atoms with E-state index >= 15 is 0 Å². The van der Waals surface area contributed by atoms with Gasteiger partial charge in [-0.25, -0.2) is 4.79 Å². The lowest BCUT2D eigenvalue weighted by Gasteiger charge is -2.52. The molecule has 6 nitrogen and oxygen atoms in total. The summed E-state index contributed by atoms with van der Waals surface area (Å²) in [5.41, 5.74) is 0.700. The molecule has 3 heterocycles. The van der Waals surface area contributed by atoms with Crippen molar-refractivity contribution in [3.63, 3.8) is 0 Å². The maximum atomic E-state index is 13.3. The molecular formula is C19H22ClN3O3. The Morgan fingerprint density at radius 3 is 2.42 bits per heavy atom. The summed E-state index contributed by atoms with van der Waals surface area (Å²) in [7, 11) is 2.93. The minimum atomic E-state index is -1.25. The quantitative estimate of drug-likeness (QED) is 0.654. The van der Waals surface area contributed by atoms with Gasteiger partial charge in [0.15, 0.2) is 5.41 Å². The molecule has 0 aromatic heterocycles. The molecule has 0 saturated carbocycles. The first-order chi connectivity index (χ1) is 12.4. The number of rotatable bonds is 0. The van der Waals surface area contributed by atoms with Gasteiger partial charge >= 0.3 is 6.03 Å². The zero-order chi connectivity index (χ0) is 18.6. The Morgan fingerprint density at radius 1 is 1.04 bits per heavy atom. The number of carbonyl (C=O) groups is 3. The molecule has 1 aromatic rings. The molecule has 0 aliphatic carbocycles. The Labute approximate surface area is 157 Å². The molecule has 0 bridgehead atoms. The SMILES string of the molecule is CN1C(=O)N(C)C(=O)C2(Cc3ccc(Cl)cc3N3CCCCC[C@@H]32)C1=O. The van der Waals surface area contributed by atoms with Gasteiger partial charge in [-0.1, -0.05) is 30.5 Å². The summed E-state index contributed by atoms with van der Waals surface area (Å²) in [6.45, 7) is 0.779. The fourth-order valence-electron chi connectivity index (χ4n) is 4.81. The third-order valence-corrected chi connectivity index (χ3v) is 6.33. The summed E-state index contributed by atoms with van der Waals surface area (Å²) in [4.78, 5) is 43.3. The zero-order valence-electron chi connectivity index (χ0n) is 15.0. The monoisotopic (exact) mass is 375 g/mol. The van der Waals surface area contributed by atoms with E-state index in [4.69, 9.17) is 11.6 Å². The van der Waals surface area contributed by atoms with E-state index in [0.717, 1.165) is 53.3 Å². The van der Waals surface area contributed by atoms with Gasteiger partial charge in [-0.2, -0.15) is 0 Å². The number of hydrogen-bond acceptors (Lipinski definition) is 4. The van der Waals surface area contributed by atoms with Crippen molar-refractivity contribution in [2.75, 3.05) is 25.5 Å². The second-order valence-corrected chi connectivity index (χ2v) is 7.93. The second kappa shape index (κ2) is 5.98. The number of hydrogen-bond donors (Lipinski definition) is 0. The van der Waals surface area contributed by atoms with Gasteiger partial charge in [-0.15, -0.1) is 0 Å². The lowest BCUT2D eigenvalue weighted by molar-refractivity contribution is -0.159. The zero-order valence-corrected chi connectivity index (χ0v) is 15.8. The van der Waals surface area contributed by atoms with E-state index in [-0.39, 0.29) is 17.9 Å². The number of benzene rings is 1. The number of amides is 4. The van der Waals surface area contributed by atoms with Crippen LogP contribution in [0.15, 0.2) is 18.2 Å². The maximum Gasteiger partial charge on any atom is 0.332 e. The van der Waals surface area contributed by atoms with Gasteiger partial charge < -0.3 is 4.90 Å². The fourth-order valence-corrected chi connectivity index (χ4v) is 4.97. The highest BCUT2D eigenvalue weighted by atomic mass is 35.5. The molecule has 0 unspecified atom stereocenters. The van der Waals surface area contributed by atoms with Crippen LogP contribution in [-0.4, -0.2) is 54.3 Å². The Bertz CT molecular complexity index is 785. The van der Waals surface area contributed by atoms with Gasteiger partial charge in [0.2, 0.25) is 11.8 Å². The van der Waals surface area contributed by atoms with Crippen molar-refractivity contribution in [1.29, 1.82) is 0 Å². The van der Waals surface area contributed by atoms with Gasteiger partial charge in [0, 0.05) is 31.4 Å². The lowest BCUT2D eigenvalue weighted by Crippen LogP contribution is -2.71. The van der Waals surface area contributed by atoms with E-state index in [0.29, 0.717) is 11.4 Å². The van der Waals surface area contributed by atoms with Crippen molar-refractivity contribution in [1.82, 2.24) is 9.80 Å². The van der Waals surface area contributed by atoms with Crippen LogP contribution in [-0.2, 0) is 16.0 Å². The molecule has 2 saturated heterocycles. The first-order valence-corrected chi connectivity index (χ1v) is 9.41. The van der Waals surface area contributed by atoms with Crippen LogP contribution in [0.1, 0.15) is 31.2 Å². The number of carbonyl (C=O) groups excluding carboxylic acids is 3. The van der Waals surface area contributed by atoms with E-state index in [2.05, 4.69) is 4.90 Å². The van der Waals surface area contributed by atoms with Gasteiger partial charge in [-0.05, 0) is 37.0 Å². The Morgan fingerprint density at radius 2 is 1.73 bits per heavy atom. The average Bonchev–Trinajstić information content (AvgIpc) is 2.90. The number of barbiturate groups is 1. The lowest BCUT2D eigenvalue weighted by atomic mass is 9.67. The highest BCUT2D eigenvalue weighted by Gasteiger charge is 2.62. The topological polar surface area (TPSA) is 60.9 Å². The number of imide groups is 2. The van der Waals surface area contributed by atoms with Crippen LogP contribution in [0.25, 0.3) is 0 Å². The standard InChI is InChI=1S/C19H22ClN3O3/c1-21-16(24)19(17(25)22(2)18(21)26)11-12-7-8-13(20)10-14(12)23-9-5-3-4-6-15(19)23/h7-8,10,15H,3-6,9,11H2,1-2H3/t15-/m1/s1. The van der Waals surface area contributed by atoms with Crippen LogP contribution in [0.5, 0.6) is 0 Å². The van der Waals surface area contributed by atoms with Crippen molar-refractivity contribution in [3.05, 3.63) is 28.8 Å². The molecule has 138 valence electrons. The molecule has 0 N–H and O–H groups in total. The van der Waals surface area contributed by atoms with E-state index in [1.54, 1.807) is 6.07 Å². The van der Waals surface area contributed by atoms with Crippen molar-refractivity contribution in [2.24, 2.45) is 5.41 Å². The molecule has 3 aliphatic rings. The molecule has 1 atom stereocenters. The van der Waals surface area contributed by atoms with Crippen LogP contribution >= 0.6 is 11.6 Å². The highest BCUT2D eigenvalue weighted by Crippen LogP contribution is 2.48. The van der Waals surface area contributed by atoms with Crippen LogP contribution in [0.3, 0.4) is 0 Å². The largest absolute Gasteiger partial charge is 0.367 e. The molecule has 1 aromatic carbocycles. The molecule has 1 spiro atoms. The third-order valence-electron chi connectivity index (χ3n) is 6.09. The third kappa shape index (κ3) is 2.21. The maximum absolute atomic E-state index is 13.3. The molecule has 4 amide bonds. The number of anilines is 1. The molecule has 4 rings (SSSR count). The van der Waals surface area contributed by atoms with Gasteiger partial charge in [0.1, 0.15) is 0 Å². The molecule has 7 heteroatoms. The van der Waals surface area contributed by atoms with Gasteiger partial charge in [-0.3, -0.25) is 19.4 Å². The number of urea groups is 1. The Kier molecular flexibility index (Phi) is 3.99. The van der Waals surface area contributed by atoms with Gasteiger partial charge in [0.25, 0.3) is 0 Å².